The third-order valence-corrected chi connectivity index (χ3v) is 3.71. The van der Waals surface area contributed by atoms with E-state index in [-0.39, 0.29) is 0 Å². The van der Waals surface area contributed by atoms with Gasteiger partial charge in [-0.3, -0.25) is 0 Å². The van der Waals surface area contributed by atoms with Crippen LogP contribution in [-0.2, 0) is 4.74 Å². The molecule has 0 aromatic rings. The molecule has 0 aliphatic carbocycles. The van der Waals surface area contributed by atoms with Crippen LogP contribution in [0.4, 0.5) is 0 Å². The van der Waals surface area contributed by atoms with E-state index < -0.39 is 0 Å². The first-order valence-electron chi connectivity index (χ1n) is 4.57. The van der Waals surface area contributed by atoms with Crippen molar-refractivity contribution in [3.63, 3.8) is 0 Å². The van der Waals surface area contributed by atoms with Gasteiger partial charge in [0.1, 0.15) is 0 Å². The number of hydrogen-bond donors (Lipinski definition) is 0. The van der Waals surface area contributed by atoms with Gasteiger partial charge >= 0.3 is 0 Å². The van der Waals surface area contributed by atoms with Crippen molar-refractivity contribution in [1.29, 1.82) is 0 Å². The lowest BCUT2D eigenvalue weighted by Gasteiger charge is -2.12. The van der Waals surface area contributed by atoms with E-state index in [2.05, 4.69) is 25.6 Å². The molecule has 0 aromatic carbocycles. The Morgan fingerprint density at radius 3 is 2.91 bits per heavy atom. The van der Waals surface area contributed by atoms with Crippen LogP contribution in [0.15, 0.2) is 0 Å². The van der Waals surface area contributed by atoms with Gasteiger partial charge in [-0.15, -0.1) is 0 Å². The number of rotatable bonds is 4. The van der Waals surface area contributed by atoms with Crippen molar-refractivity contribution < 1.29 is 4.74 Å². The Kier molecular flexibility index (Phi) is 4.31. The normalized spacial score (nSPS) is 31.1. The van der Waals surface area contributed by atoms with Crippen molar-refractivity contribution in [3.8, 4) is 0 Å². The molecule has 1 saturated heterocycles. The summed E-state index contributed by atoms with van der Waals surface area (Å²) in [7, 11) is 0. The third kappa shape index (κ3) is 3.04. The average Bonchev–Trinajstić information content (AvgIpc) is 2.37. The van der Waals surface area contributed by atoms with E-state index in [4.69, 9.17) is 4.74 Å². The quantitative estimate of drug-likeness (QED) is 0.606. The maximum Gasteiger partial charge on any atom is 0.0666 e. The molecule has 0 spiro atoms. The van der Waals surface area contributed by atoms with Crippen LogP contribution in [0.5, 0.6) is 0 Å². The zero-order valence-electron chi connectivity index (χ0n) is 7.51. The van der Waals surface area contributed by atoms with E-state index in [1.807, 2.05) is 0 Å². The summed E-state index contributed by atoms with van der Waals surface area (Å²) >= 11 is 2.09. The minimum absolute atomic E-state index is 0.497. The van der Waals surface area contributed by atoms with Gasteiger partial charge in [0, 0.05) is 11.9 Å². The van der Waals surface area contributed by atoms with Crippen molar-refractivity contribution in [2.24, 2.45) is 0 Å². The molecule has 1 aliphatic rings. The highest BCUT2D eigenvalue weighted by Gasteiger charge is 2.23. The molecule has 0 amide bonds. The van der Waals surface area contributed by atoms with Gasteiger partial charge in [-0.25, -0.2) is 0 Å². The molecule has 0 bridgehead atoms. The molecule has 1 rings (SSSR count). The monoisotopic (exact) mass is 174 g/mol. The number of hydrogen-bond acceptors (Lipinski definition) is 2. The molecule has 2 unspecified atom stereocenters. The molecule has 11 heavy (non-hydrogen) atoms. The maximum atomic E-state index is 5.48. The van der Waals surface area contributed by atoms with Gasteiger partial charge in [0.05, 0.1) is 6.10 Å². The predicted octanol–water partition coefficient (Wildman–Crippen LogP) is 2.70. The lowest BCUT2D eigenvalue weighted by Crippen LogP contribution is -2.13. The largest absolute Gasteiger partial charge is 0.377 e. The molecule has 0 radical (unpaired) electrons. The first-order chi connectivity index (χ1) is 5.34. The second-order valence-corrected chi connectivity index (χ2v) is 4.47. The van der Waals surface area contributed by atoms with E-state index in [1.54, 1.807) is 0 Å². The van der Waals surface area contributed by atoms with E-state index >= 15 is 0 Å². The zero-order valence-corrected chi connectivity index (χ0v) is 8.32. The molecule has 66 valence electrons. The molecule has 2 atom stereocenters. The van der Waals surface area contributed by atoms with Gasteiger partial charge < -0.3 is 4.74 Å². The van der Waals surface area contributed by atoms with Crippen LogP contribution in [0, 0.1) is 0 Å². The summed E-state index contributed by atoms with van der Waals surface area (Å²) in [5.74, 6) is 1.31. The maximum absolute atomic E-state index is 5.48. The van der Waals surface area contributed by atoms with Crippen LogP contribution >= 0.6 is 11.8 Å². The Morgan fingerprint density at radius 2 is 2.36 bits per heavy atom. The highest BCUT2D eigenvalue weighted by molar-refractivity contribution is 7.99. The smallest absolute Gasteiger partial charge is 0.0666 e. The lowest BCUT2D eigenvalue weighted by atomic mass is 10.3. The van der Waals surface area contributed by atoms with Gasteiger partial charge in [-0.05, 0) is 25.5 Å². The third-order valence-electron chi connectivity index (χ3n) is 2.14. The summed E-state index contributed by atoms with van der Waals surface area (Å²) in [6, 6.07) is 0. The summed E-state index contributed by atoms with van der Waals surface area (Å²) < 4.78 is 5.48. The van der Waals surface area contributed by atoms with Crippen molar-refractivity contribution in [2.45, 2.75) is 44.5 Å². The molecule has 1 fully saturated rings. The fourth-order valence-electron chi connectivity index (χ4n) is 1.31. The highest BCUT2D eigenvalue weighted by atomic mass is 32.2. The SMILES string of the molecule is CCCCSC1CCOC1C. The van der Waals surface area contributed by atoms with Gasteiger partial charge in [-0.2, -0.15) is 11.8 Å². The van der Waals surface area contributed by atoms with Crippen LogP contribution in [0.2, 0.25) is 0 Å². The molecular weight excluding hydrogens is 156 g/mol. The highest BCUT2D eigenvalue weighted by Crippen LogP contribution is 2.26. The summed E-state index contributed by atoms with van der Waals surface area (Å²) in [4.78, 5) is 0. The Labute approximate surface area is 73.9 Å². The molecule has 0 aromatic heterocycles. The minimum atomic E-state index is 0.497. The Hall–Kier alpha value is 0.310. The number of unbranched alkanes of at least 4 members (excludes halogenated alkanes) is 1. The van der Waals surface area contributed by atoms with Crippen LogP contribution < -0.4 is 0 Å². The Bertz CT molecular complexity index is 106. The van der Waals surface area contributed by atoms with Crippen molar-refractivity contribution in [3.05, 3.63) is 0 Å². The van der Waals surface area contributed by atoms with Crippen LogP contribution in [0.3, 0.4) is 0 Å². The van der Waals surface area contributed by atoms with E-state index in [1.165, 1.54) is 25.0 Å². The van der Waals surface area contributed by atoms with Crippen molar-refractivity contribution in [2.75, 3.05) is 12.4 Å². The van der Waals surface area contributed by atoms with Crippen LogP contribution in [0.25, 0.3) is 0 Å². The average molecular weight is 174 g/mol. The van der Waals surface area contributed by atoms with Gasteiger partial charge in [0.25, 0.3) is 0 Å². The molecule has 0 saturated carbocycles. The van der Waals surface area contributed by atoms with E-state index in [0.29, 0.717) is 6.10 Å². The van der Waals surface area contributed by atoms with Crippen molar-refractivity contribution >= 4 is 11.8 Å². The zero-order chi connectivity index (χ0) is 8.10. The molecule has 0 N–H and O–H groups in total. The predicted molar refractivity (Wildman–Crippen MR) is 51.2 cm³/mol. The van der Waals surface area contributed by atoms with E-state index in [0.717, 1.165) is 11.9 Å². The first kappa shape index (κ1) is 9.40. The fraction of sp³-hybridized carbons (Fsp3) is 1.00. The molecule has 1 aliphatic heterocycles. The molecule has 1 heterocycles. The summed E-state index contributed by atoms with van der Waals surface area (Å²) in [5, 5.41) is 0.779. The topological polar surface area (TPSA) is 9.23 Å². The van der Waals surface area contributed by atoms with Gasteiger partial charge in [0.2, 0.25) is 0 Å². The molecule has 2 heteroatoms. The number of thioether (sulfide) groups is 1. The van der Waals surface area contributed by atoms with Gasteiger partial charge in [0.15, 0.2) is 0 Å². The van der Waals surface area contributed by atoms with E-state index in [9.17, 15) is 0 Å². The summed E-state index contributed by atoms with van der Waals surface area (Å²) in [6.07, 6.45) is 4.43. The Balaban J connectivity index is 2.05. The second-order valence-electron chi connectivity index (χ2n) is 3.13. The molecule has 1 nitrogen and oxygen atoms in total. The lowest BCUT2D eigenvalue weighted by molar-refractivity contribution is 0.127. The summed E-state index contributed by atoms with van der Waals surface area (Å²) in [6.45, 7) is 5.41. The first-order valence-corrected chi connectivity index (χ1v) is 5.62. The second kappa shape index (κ2) is 5.04. The van der Waals surface area contributed by atoms with Gasteiger partial charge in [-0.1, -0.05) is 13.3 Å². The van der Waals surface area contributed by atoms with Crippen LogP contribution in [-0.4, -0.2) is 23.7 Å². The standard InChI is InChI=1S/C9H18OS/c1-3-4-7-11-9-5-6-10-8(9)2/h8-9H,3-7H2,1-2H3. The van der Waals surface area contributed by atoms with Crippen LogP contribution in [0.1, 0.15) is 33.1 Å². The van der Waals surface area contributed by atoms with Crippen molar-refractivity contribution in [1.82, 2.24) is 0 Å². The minimum Gasteiger partial charge on any atom is -0.377 e. The number of ether oxygens (including phenoxy) is 1. The molecular formula is C9H18OS. The summed E-state index contributed by atoms with van der Waals surface area (Å²) in [5.41, 5.74) is 0. The Morgan fingerprint density at radius 1 is 1.55 bits per heavy atom. The fourth-order valence-corrected chi connectivity index (χ4v) is 2.68.